The van der Waals surface area contributed by atoms with Crippen molar-refractivity contribution in [2.45, 2.75) is 18.7 Å². The van der Waals surface area contributed by atoms with Crippen LogP contribution in [0.15, 0.2) is 42.6 Å². The van der Waals surface area contributed by atoms with Gasteiger partial charge in [-0.15, -0.1) is 0 Å². The van der Waals surface area contributed by atoms with Gasteiger partial charge in [0.25, 0.3) is 5.91 Å². The summed E-state index contributed by atoms with van der Waals surface area (Å²) in [6.45, 7) is -3.45. The summed E-state index contributed by atoms with van der Waals surface area (Å²) in [6.07, 6.45) is 1.41. The number of ether oxygens (including phenoxy) is 1. The van der Waals surface area contributed by atoms with Crippen molar-refractivity contribution in [1.82, 2.24) is 15.2 Å². The third-order valence-electron chi connectivity index (χ3n) is 4.75. The maximum atomic E-state index is 13.9. The Kier molecular flexibility index (Phi) is 5.14. The van der Waals surface area contributed by atoms with Gasteiger partial charge in [0.15, 0.2) is 5.88 Å². The zero-order chi connectivity index (χ0) is 23.0. The van der Waals surface area contributed by atoms with E-state index < -0.39 is 48.1 Å². The molecule has 0 bridgehead atoms. The van der Waals surface area contributed by atoms with Crippen LogP contribution in [0.2, 0.25) is 0 Å². The molecule has 1 aliphatic rings. The Hall–Kier alpha value is -4.20. The molecule has 32 heavy (non-hydrogen) atoms. The van der Waals surface area contributed by atoms with Crippen LogP contribution in [-0.2, 0) is 11.3 Å². The van der Waals surface area contributed by atoms with Crippen LogP contribution in [0, 0.1) is 23.5 Å². The summed E-state index contributed by atoms with van der Waals surface area (Å²) in [5, 5.41) is 15.5. The number of urea groups is 1. The topological polar surface area (TPSA) is 92.6 Å². The van der Waals surface area contributed by atoms with Crippen LogP contribution < -0.4 is 15.4 Å². The highest BCUT2D eigenvalue weighted by atomic mass is 19.3. The fourth-order valence-corrected chi connectivity index (χ4v) is 3.27. The molecular weight excluding hydrogens is 434 g/mol. The number of amides is 3. The van der Waals surface area contributed by atoms with Gasteiger partial charge in [-0.25, -0.2) is 13.6 Å². The number of imide groups is 1. The molecule has 0 radical (unpaired) electrons. The number of carbonyl (C=O) groups excluding carboxylic acids is 2. The van der Waals surface area contributed by atoms with Gasteiger partial charge >= 0.3 is 12.6 Å². The molecule has 164 valence electrons. The minimum absolute atomic E-state index is 0.153. The Morgan fingerprint density at radius 3 is 2.59 bits per heavy atom. The number of aromatic nitrogens is 1. The lowest BCUT2D eigenvalue weighted by molar-refractivity contribution is -0.122. The van der Waals surface area contributed by atoms with Crippen LogP contribution in [0.25, 0.3) is 10.8 Å². The third kappa shape index (κ3) is 3.90. The van der Waals surface area contributed by atoms with E-state index in [1.807, 2.05) is 5.32 Å². The van der Waals surface area contributed by atoms with Crippen molar-refractivity contribution in [3.8, 4) is 23.5 Å². The average molecular weight is 447 g/mol. The van der Waals surface area contributed by atoms with Crippen molar-refractivity contribution < 1.29 is 37.0 Å². The van der Waals surface area contributed by atoms with Crippen molar-refractivity contribution in [3.63, 3.8) is 0 Å². The summed E-state index contributed by atoms with van der Waals surface area (Å²) >= 11 is 0. The third-order valence-corrected chi connectivity index (χ3v) is 4.75. The number of halogens is 4. The molecule has 0 aliphatic carbocycles. The number of nitrogens with one attached hydrogen (secondary N) is 2. The molecule has 0 spiro atoms. The quantitative estimate of drug-likeness (QED) is 0.326. The summed E-state index contributed by atoms with van der Waals surface area (Å²) in [5.74, 6) is 1.70. The number of alkyl halides is 2. The second kappa shape index (κ2) is 7.81. The lowest BCUT2D eigenvalue weighted by Gasteiger charge is -2.20. The molecule has 1 aliphatic heterocycles. The van der Waals surface area contributed by atoms with Crippen molar-refractivity contribution in [2.24, 2.45) is 0 Å². The molecule has 3 amide bonds. The Balaban J connectivity index is 1.74. The lowest BCUT2D eigenvalue weighted by atomic mass is 9.99. The predicted molar refractivity (Wildman–Crippen MR) is 103 cm³/mol. The van der Waals surface area contributed by atoms with E-state index in [2.05, 4.69) is 21.9 Å². The number of nitrogens with zero attached hydrogens (tertiary/aromatic N) is 1. The summed E-state index contributed by atoms with van der Waals surface area (Å²) < 4.78 is 57.5. The molecule has 1 fully saturated rings. The number of carbonyl (C=O) groups is 2. The fraction of sp³-hybridized carbons (Fsp3) is 0.143. The molecule has 3 aromatic rings. The maximum Gasteiger partial charge on any atom is 0.387 e. The van der Waals surface area contributed by atoms with Crippen LogP contribution >= 0.6 is 0 Å². The normalized spacial score (nSPS) is 17.8. The van der Waals surface area contributed by atoms with E-state index in [4.69, 9.17) is 0 Å². The van der Waals surface area contributed by atoms with E-state index in [-0.39, 0.29) is 16.7 Å². The van der Waals surface area contributed by atoms with Crippen molar-refractivity contribution in [1.29, 1.82) is 0 Å². The maximum absolute atomic E-state index is 13.9. The number of rotatable bonds is 4. The van der Waals surface area contributed by atoms with Crippen molar-refractivity contribution >= 4 is 22.7 Å². The molecule has 1 unspecified atom stereocenters. The van der Waals surface area contributed by atoms with E-state index in [1.165, 1.54) is 29.0 Å². The Morgan fingerprint density at radius 1 is 1.16 bits per heavy atom. The monoisotopic (exact) mass is 447 g/mol. The zero-order valence-corrected chi connectivity index (χ0v) is 16.0. The molecule has 0 saturated carbocycles. The van der Waals surface area contributed by atoms with E-state index in [0.717, 1.165) is 12.1 Å². The molecule has 3 N–H and O–H groups in total. The predicted octanol–water partition coefficient (Wildman–Crippen LogP) is 2.86. The summed E-state index contributed by atoms with van der Waals surface area (Å²) in [7, 11) is 0. The second-order valence-electron chi connectivity index (χ2n) is 6.90. The summed E-state index contributed by atoms with van der Waals surface area (Å²) in [4.78, 5) is 24.3. The molecule has 2 heterocycles. The van der Waals surface area contributed by atoms with Crippen molar-refractivity contribution in [2.75, 3.05) is 0 Å². The summed E-state index contributed by atoms with van der Waals surface area (Å²) in [6, 6.07) is 5.70. The first-order valence-electron chi connectivity index (χ1n) is 9.05. The number of aromatic hydroxyl groups is 1. The first-order valence-corrected chi connectivity index (χ1v) is 9.05. The van der Waals surface area contributed by atoms with Gasteiger partial charge in [0.1, 0.15) is 17.4 Å². The van der Waals surface area contributed by atoms with Gasteiger partial charge in [-0.3, -0.25) is 10.1 Å². The van der Waals surface area contributed by atoms with Crippen LogP contribution in [0.1, 0.15) is 5.56 Å². The smallest absolute Gasteiger partial charge is 0.387 e. The first-order chi connectivity index (χ1) is 15.2. The molecule has 1 saturated heterocycles. The molecule has 4 rings (SSSR count). The standard InChI is InChI=1S/C21H13F4N3O4/c22-13-3-1-11(16(23)7-13)5-6-21(18(30)26-20(31)27-21)10-28-9-12-2-4-14(32-19(24)25)8-15(12)17(28)29/h1-4,7-9,19,29H,10H2,(H2,26,27,30,31). The fourth-order valence-electron chi connectivity index (χ4n) is 3.27. The highest BCUT2D eigenvalue weighted by Gasteiger charge is 2.46. The van der Waals surface area contributed by atoms with Crippen LogP contribution in [0.5, 0.6) is 11.6 Å². The Morgan fingerprint density at radius 2 is 1.94 bits per heavy atom. The van der Waals surface area contributed by atoms with Crippen molar-refractivity contribution in [3.05, 3.63) is 59.8 Å². The molecule has 1 aromatic heterocycles. The largest absolute Gasteiger partial charge is 0.494 e. The van der Waals surface area contributed by atoms with Gasteiger partial charge in [0, 0.05) is 23.0 Å². The van der Waals surface area contributed by atoms with Gasteiger partial charge in [-0.2, -0.15) is 8.78 Å². The van der Waals surface area contributed by atoms with E-state index in [0.29, 0.717) is 11.5 Å². The molecule has 7 nitrogen and oxygen atoms in total. The van der Waals surface area contributed by atoms with E-state index in [9.17, 15) is 32.3 Å². The van der Waals surface area contributed by atoms with Crippen LogP contribution in [0.4, 0.5) is 22.4 Å². The van der Waals surface area contributed by atoms with Gasteiger partial charge < -0.3 is 19.7 Å². The molecule has 1 atom stereocenters. The van der Waals surface area contributed by atoms with Crippen LogP contribution in [0.3, 0.4) is 0 Å². The number of hydrogen-bond donors (Lipinski definition) is 3. The molecular formula is C21H13F4N3O4. The lowest BCUT2D eigenvalue weighted by Crippen LogP contribution is -2.49. The Bertz CT molecular complexity index is 1310. The van der Waals surface area contributed by atoms with Gasteiger partial charge in [0.05, 0.1) is 12.1 Å². The van der Waals surface area contributed by atoms with Crippen LogP contribution in [-0.4, -0.2) is 33.8 Å². The summed E-state index contributed by atoms with van der Waals surface area (Å²) in [5.41, 5.74) is -2.11. The highest BCUT2D eigenvalue weighted by Crippen LogP contribution is 2.32. The first kappa shape index (κ1) is 21.0. The zero-order valence-electron chi connectivity index (χ0n) is 16.0. The van der Waals surface area contributed by atoms with Gasteiger partial charge in [0.2, 0.25) is 5.54 Å². The van der Waals surface area contributed by atoms with Gasteiger partial charge in [-0.1, -0.05) is 11.8 Å². The van der Waals surface area contributed by atoms with E-state index >= 15 is 0 Å². The minimum atomic E-state index is -3.06. The number of hydrogen-bond acceptors (Lipinski definition) is 4. The number of benzene rings is 2. The molecule has 2 aromatic carbocycles. The average Bonchev–Trinajstić information content (AvgIpc) is 3.16. The second-order valence-corrected chi connectivity index (χ2v) is 6.90. The minimum Gasteiger partial charge on any atom is -0.494 e. The highest BCUT2D eigenvalue weighted by molar-refractivity contribution is 6.09. The SMILES string of the molecule is O=C1NC(=O)C(C#Cc2ccc(F)cc2F)(Cn2cc3ccc(OC(F)F)cc3c2O)N1. The van der Waals surface area contributed by atoms with Gasteiger partial charge in [-0.05, 0) is 30.3 Å². The molecule has 11 heteroatoms. The Labute approximate surface area is 177 Å². The van der Waals surface area contributed by atoms with E-state index in [1.54, 1.807) is 0 Å². The number of fused-ring (bicyclic) bond motifs is 1.